The Balaban J connectivity index is 2.50. The molecule has 0 aromatic heterocycles. The number of carboxylic acids is 1. The fraction of sp³-hybridized carbons (Fsp3) is 0.500. The second-order valence-corrected chi connectivity index (χ2v) is 4.89. The Morgan fingerprint density at radius 1 is 1.42 bits per heavy atom. The van der Waals surface area contributed by atoms with Crippen molar-refractivity contribution in [3.05, 3.63) is 35.1 Å². The van der Waals surface area contributed by atoms with E-state index in [-0.39, 0.29) is 17.8 Å². The molecule has 0 aliphatic rings. The summed E-state index contributed by atoms with van der Waals surface area (Å²) in [4.78, 5) is 10.8. The van der Waals surface area contributed by atoms with E-state index >= 15 is 0 Å². The third-order valence-electron chi connectivity index (χ3n) is 2.93. The van der Waals surface area contributed by atoms with Gasteiger partial charge in [0, 0.05) is 13.7 Å². The fourth-order valence-corrected chi connectivity index (χ4v) is 1.44. The highest BCUT2D eigenvalue weighted by atomic mass is 19.1. The van der Waals surface area contributed by atoms with Gasteiger partial charge >= 0.3 is 5.97 Å². The first-order valence-corrected chi connectivity index (χ1v) is 6.00. The minimum Gasteiger partial charge on any atom is -0.478 e. The SMILES string of the molecule is COC(C)(C)CCOCc1ccc(F)c(C(=O)O)c1. The number of halogens is 1. The molecule has 0 atom stereocenters. The molecule has 0 bridgehead atoms. The summed E-state index contributed by atoms with van der Waals surface area (Å²) in [6.07, 6.45) is 0.719. The van der Waals surface area contributed by atoms with E-state index in [0.717, 1.165) is 12.5 Å². The molecule has 0 saturated heterocycles. The molecule has 1 aromatic rings. The predicted octanol–water partition coefficient (Wildman–Crippen LogP) is 2.86. The second-order valence-electron chi connectivity index (χ2n) is 4.89. The van der Waals surface area contributed by atoms with Gasteiger partial charge in [0.2, 0.25) is 0 Å². The number of hydrogen-bond acceptors (Lipinski definition) is 3. The van der Waals surface area contributed by atoms with Crippen LogP contribution in [0.4, 0.5) is 4.39 Å². The van der Waals surface area contributed by atoms with Crippen LogP contribution in [0.5, 0.6) is 0 Å². The number of aromatic carboxylic acids is 1. The zero-order valence-electron chi connectivity index (χ0n) is 11.4. The second kappa shape index (κ2) is 6.63. The van der Waals surface area contributed by atoms with Crippen LogP contribution in [0.2, 0.25) is 0 Å². The summed E-state index contributed by atoms with van der Waals surface area (Å²) in [5.74, 6) is -2.02. The van der Waals surface area contributed by atoms with Gasteiger partial charge in [0.15, 0.2) is 0 Å². The molecule has 0 radical (unpaired) electrons. The Kier molecular flexibility index (Phi) is 5.44. The average molecular weight is 270 g/mol. The first-order chi connectivity index (χ1) is 8.85. The summed E-state index contributed by atoms with van der Waals surface area (Å²) in [6.45, 7) is 4.65. The molecule has 1 N–H and O–H groups in total. The van der Waals surface area contributed by atoms with Gasteiger partial charge in [-0.15, -0.1) is 0 Å². The molecule has 1 aromatic carbocycles. The van der Waals surface area contributed by atoms with Crippen LogP contribution in [0.15, 0.2) is 18.2 Å². The largest absolute Gasteiger partial charge is 0.478 e. The summed E-state index contributed by atoms with van der Waals surface area (Å²) >= 11 is 0. The third kappa shape index (κ3) is 4.96. The molecular weight excluding hydrogens is 251 g/mol. The molecule has 0 spiro atoms. The van der Waals surface area contributed by atoms with E-state index in [2.05, 4.69) is 0 Å². The van der Waals surface area contributed by atoms with Crippen molar-refractivity contribution in [1.29, 1.82) is 0 Å². The fourth-order valence-electron chi connectivity index (χ4n) is 1.44. The molecule has 0 fully saturated rings. The van der Waals surface area contributed by atoms with E-state index in [1.165, 1.54) is 12.1 Å². The van der Waals surface area contributed by atoms with Crippen molar-refractivity contribution in [2.45, 2.75) is 32.5 Å². The lowest BCUT2D eigenvalue weighted by Gasteiger charge is -2.22. The van der Waals surface area contributed by atoms with E-state index in [1.807, 2.05) is 13.8 Å². The number of benzene rings is 1. The van der Waals surface area contributed by atoms with Crippen LogP contribution in [0, 0.1) is 5.82 Å². The number of methoxy groups -OCH3 is 1. The highest BCUT2D eigenvalue weighted by Crippen LogP contribution is 2.15. The van der Waals surface area contributed by atoms with Crippen molar-refractivity contribution < 1.29 is 23.8 Å². The van der Waals surface area contributed by atoms with Crippen LogP contribution in [-0.2, 0) is 16.1 Å². The van der Waals surface area contributed by atoms with Gasteiger partial charge in [-0.05, 0) is 38.0 Å². The zero-order valence-corrected chi connectivity index (χ0v) is 11.4. The average Bonchev–Trinajstić information content (AvgIpc) is 2.36. The summed E-state index contributed by atoms with van der Waals surface area (Å²) in [5, 5.41) is 8.80. The number of rotatable bonds is 7. The minimum absolute atomic E-state index is 0.250. The van der Waals surface area contributed by atoms with Gasteiger partial charge < -0.3 is 14.6 Å². The van der Waals surface area contributed by atoms with Crippen molar-refractivity contribution in [3.63, 3.8) is 0 Å². The number of carboxylic acid groups (broad SMARTS) is 1. The van der Waals surface area contributed by atoms with E-state index in [0.29, 0.717) is 12.2 Å². The van der Waals surface area contributed by atoms with Crippen LogP contribution in [0.1, 0.15) is 36.2 Å². The normalized spacial score (nSPS) is 11.6. The quantitative estimate of drug-likeness (QED) is 0.774. The molecule has 0 unspecified atom stereocenters. The molecule has 106 valence electrons. The standard InChI is InChI=1S/C14H19FO4/c1-14(2,18-3)6-7-19-9-10-4-5-12(15)11(8-10)13(16)17/h4-5,8H,6-7,9H2,1-3H3,(H,16,17). The number of hydrogen-bond donors (Lipinski definition) is 1. The lowest BCUT2D eigenvalue weighted by molar-refractivity contribution is -0.0124. The molecular formula is C14H19FO4. The zero-order chi connectivity index (χ0) is 14.5. The van der Waals surface area contributed by atoms with Crippen molar-refractivity contribution >= 4 is 5.97 Å². The van der Waals surface area contributed by atoms with Crippen molar-refractivity contribution in [2.24, 2.45) is 0 Å². The number of ether oxygens (including phenoxy) is 2. The van der Waals surface area contributed by atoms with Crippen LogP contribution in [0.3, 0.4) is 0 Å². The molecule has 0 aliphatic carbocycles. The van der Waals surface area contributed by atoms with E-state index < -0.39 is 11.8 Å². The molecule has 1 rings (SSSR count). The maximum Gasteiger partial charge on any atom is 0.338 e. The molecule has 0 amide bonds. The first kappa shape index (κ1) is 15.6. The van der Waals surface area contributed by atoms with Gasteiger partial charge in [-0.3, -0.25) is 0 Å². The topological polar surface area (TPSA) is 55.8 Å². The van der Waals surface area contributed by atoms with Crippen molar-refractivity contribution in [1.82, 2.24) is 0 Å². The van der Waals surface area contributed by atoms with Gasteiger partial charge in [0.25, 0.3) is 0 Å². The van der Waals surface area contributed by atoms with Crippen LogP contribution < -0.4 is 0 Å². The Morgan fingerprint density at radius 2 is 2.11 bits per heavy atom. The summed E-state index contributed by atoms with van der Waals surface area (Å²) in [6, 6.07) is 3.95. The Hall–Kier alpha value is -1.46. The Bertz CT molecular complexity index is 443. The lowest BCUT2D eigenvalue weighted by Crippen LogP contribution is -2.24. The van der Waals surface area contributed by atoms with Gasteiger partial charge in [0.1, 0.15) is 5.82 Å². The van der Waals surface area contributed by atoms with E-state index in [1.54, 1.807) is 7.11 Å². The third-order valence-corrected chi connectivity index (χ3v) is 2.93. The molecule has 0 saturated carbocycles. The van der Waals surface area contributed by atoms with Gasteiger partial charge in [-0.25, -0.2) is 9.18 Å². The van der Waals surface area contributed by atoms with Crippen molar-refractivity contribution in [3.8, 4) is 0 Å². The predicted molar refractivity (Wildman–Crippen MR) is 68.7 cm³/mol. The summed E-state index contributed by atoms with van der Waals surface area (Å²) in [7, 11) is 1.64. The minimum atomic E-state index is -1.28. The number of carbonyl (C=O) groups is 1. The molecule has 5 heteroatoms. The van der Waals surface area contributed by atoms with Crippen LogP contribution in [-0.4, -0.2) is 30.4 Å². The molecule has 4 nitrogen and oxygen atoms in total. The van der Waals surface area contributed by atoms with Crippen molar-refractivity contribution in [2.75, 3.05) is 13.7 Å². The monoisotopic (exact) mass is 270 g/mol. The Labute approximate surface area is 112 Å². The van der Waals surface area contributed by atoms with Crippen LogP contribution in [0.25, 0.3) is 0 Å². The van der Waals surface area contributed by atoms with E-state index in [9.17, 15) is 9.18 Å². The highest BCUT2D eigenvalue weighted by molar-refractivity contribution is 5.88. The summed E-state index contributed by atoms with van der Waals surface area (Å²) in [5.41, 5.74) is 0.0435. The smallest absolute Gasteiger partial charge is 0.338 e. The van der Waals surface area contributed by atoms with Gasteiger partial charge in [-0.1, -0.05) is 6.07 Å². The molecule has 0 heterocycles. The first-order valence-electron chi connectivity index (χ1n) is 6.00. The van der Waals surface area contributed by atoms with Gasteiger partial charge in [0.05, 0.1) is 17.8 Å². The van der Waals surface area contributed by atoms with Gasteiger partial charge in [-0.2, -0.15) is 0 Å². The summed E-state index contributed by atoms with van der Waals surface area (Å²) < 4.78 is 23.9. The molecule has 19 heavy (non-hydrogen) atoms. The van der Waals surface area contributed by atoms with E-state index in [4.69, 9.17) is 14.6 Å². The maximum atomic E-state index is 13.2. The molecule has 0 aliphatic heterocycles. The van der Waals surface area contributed by atoms with Crippen LogP contribution >= 0.6 is 0 Å². The Morgan fingerprint density at radius 3 is 2.68 bits per heavy atom. The maximum absolute atomic E-state index is 13.2. The lowest BCUT2D eigenvalue weighted by atomic mass is 10.1. The highest BCUT2D eigenvalue weighted by Gasteiger charge is 2.16.